The molecule has 0 saturated carbocycles. The molecule has 1 aromatic carbocycles. The van der Waals surface area contributed by atoms with Gasteiger partial charge in [0.2, 0.25) is 0 Å². The number of nitrogens with zero attached hydrogens (tertiary/aromatic N) is 5. The van der Waals surface area contributed by atoms with Crippen LogP contribution in [0.2, 0.25) is 10.0 Å². The van der Waals surface area contributed by atoms with Crippen molar-refractivity contribution < 1.29 is 9.47 Å². The molecule has 0 bridgehead atoms. The lowest BCUT2D eigenvalue weighted by Crippen LogP contribution is -2.51. The summed E-state index contributed by atoms with van der Waals surface area (Å²) in [4.78, 5) is 6.56. The zero-order valence-corrected chi connectivity index (χ0v) is 20.8. The number of ether oxygens (including phenoxy) is 2. The summed E-state index contributed by atoms with van der Waals surface area (Å²) in [5.74, 6) is 0.705. The van der Waals surface area contributed by atoms with Gasteiger partial charge in [-0.2, -0.15) is 10.2 Å². The Morgan fingerprint density at radius 3 is 2.57 bits per heavy atom. The lowest BCUT2D eigenvalue weighted by Gasteiger charge is -2.41. The van der Waals surface area contributed by atoms with Crippen molar-refractivity contribution in [1.82, 2.24) is 29.9 Å². The van der Waals surface area contributed by atoms with E-state index in [0.29, 0.717) is 33.4 Å². The van der Waals surface area contributed by atoms with Crippen molar-refractivity contribution in [3.05, 3.63) is 58.6 Å². The lowest BCUT2D eigenvalue weighted by molar-refractivity contribution is -0.0734. The summed E-state index contributed by atoms with van der Waals surface area (Å²) in [6.45, 7) is 5.83. The van der Waals surface area contributed by atoms with Crippen molar-refractivity contribution in [2.24, 2.45) is 0 Å². The first kappa shape index (κ1) is 22.8. The van der Waals surface area contributed by atoms with Crippen LogP contribution in [-0.2, 0) is 4.74 Å². The van der Waals surface area contributed by atoms with Gasteiger partial charge in [-0.3, -0.25) is 19.7 Å². The smallest absolute Gasteiger partial charge is 0.124 e. The molecule has 4 aromatic rings. The number of pyridine rings is 1. The number of hydrogen-bond donors (Lipinski definition) is 1. The van der Waals surface area contributed by atoms with Gasteiger partial charge >= 0.3 is 0 Å². The van der Waals surface area contributed by atoms with Crippen LogP contribution in [0.3, 0.4) is 0 Å². The van der Waals surface area contributed by atoms with Crippen molar-refractivity contribution in [3.63, 3.8) is 0 Å². The van der Waals surface area contributed by atoms with Crippen LogP contribution in [0.25, 0.3) is 22.2 Å². The molecule has 0 aliphatic carbocycles. The standard InChI is InChI=1S/C25H26Cl2N6O2/c1-15(24-21(26)10-28-11-22(24)27)35-19-2-3-23-20(8-19)25(31-30-23)16-9-29-33(12-16)17-4-6-32(7-5-17)18-13-34-14-18/h2-3,8-12,15,17-18H,4-7,13-14H2,1H3,(H,30,31)/t15-/m1/s1. The highest BCUT2D eigenvalue weighted by molar-refractivity contribution is 6.35. The summed E-state index contributed by atoms with van der Waals surface area (Å²) in [7, 11) is 0. The number of aromatic amines is 1. The molecule has 2 saturated heterocycles. The van der Waals surface area contributed by atoms with Crippen LogP contribution < -0.4 is 4.74 Å². The maximum absolute atomic E-state index is 6.31. The van der Waals surface area contributed by atoms with E-state index >= 15 is 0 Å². The van der Waals surface area contributed by atoms with Crippen LogP contribution in [0, 0.1) is 0 Å². The van der Waals surface area contributed by atoms with Crippen LogP contribution in [-0.4, -0.2) is 62.2 Å². The largest absolute Gasteiger partial charge is 0.486 e. The van der Waals surface area contributed by atoms with Crippen LogP contribution in [0.1, 0.15) is 37.5 Å². The van der Waals surface area contributed by atoms with E-state index in [-0.39, 0.29) is 6.10 Å². The molecule has 0 radical (unpaired) electrons. The van der Waals surface area contributed by atoms with Crippen LogP contribution in [0.4, 0.5) is 0 Å². The highest BCUT2D eigenvalue weighted by atomic mass is 35.5. The number of halogens is 2. The molecule has 35 heavy (non-hydrogen) atoms. The predicted octanol–water partition coefficient (Wildman–Crippen LogP) is 5.30. The number of hydrogen-bond acceptors (Lipinski definition) is 6. The fourth-order valence-electron chi connectivity index (χ4n) is 4.97. The van der Waals surface area contributed by atoms with E-state index < -0.39 is 0 Å². The van der Waals surface area contributed by atoms with E-state index in [1.54, 1.807) is 12.4 Å². The molecule has 6 rings (SSSR count). The molecule has 0 amide bonds. The number of rotatable bonds is 6. The maximum atomic E-state index is 6.31. The second-order valence-corrected chi connectivity index (χ2v) is 10.0. The number of nitrogens with one attached hydrogen (secondary N) is 1. The van der Waals surface area contributed by atoms with Gasteiger partial charge in [0.15, 0.2) is 0 Å². The molecule has 2 aliphatic heterocycles. The normalized spacial score (nSPS) is 18.6. The first-order valence-corrected chi connectivity index (χ1v) is 12.6. The number of aromatic nitrogens is 5. The Kier molecular flexibility index (Phi) is 6.14. The van der Waals surface area contributed by atoms with E-state index in [1.807, 2.05) is 31.3 Å². The molecule has 1 N–H and O–H groups in total. The lowest BCUT2D eigenvalue weighted by atomic mass is 10.0. The van der Waals surface area contributed by atoms with Gasteiger partial charge in [0.05, 0.1) is 47.1 Å². The third kappa shape index (κ3) is 4.40. The second kappa shape index (κ2) is 9.43. The van der Waals surface area contributed by atoms with E-state index in [2.05, 4.69) is 36.1 Å². The summed E-state index contributed by atoms with van der Waals surface area (Å²) in [5.41, 5.74) is 3.49. The van der Waals surface area contributed by atoms with Crippen LogP contribution >= 0.6 is 23.2 Å². The number of likely N-dealkylation sites (tertiary alicyclic amines) is 1. The highest BCUT2D eigenvalue weighted by Gasteiger charge is 2.30. The Labute approximate surface area is 213 Å². The van der Waals surface area contributed by atoms with Crippen molar-refractivity contribution in [2.45, 2.75) is 38.0 Å². The van der Waals surface area contributed by atoms with E-state index in [9.17, 15) is 0 Å². The Morgan fingerprint density at radius 2 is 1.86 bits per heavy atom. The Bertz CT molecular complexity index is 1320. The molecule has 1 atom stereocenters. The fraction of sp³-hybridized carbons (Fsp3) is 0.400. The van der Waals surface area contributed by atoms with Crippen molar-refractivity contribution >= 4 is 34.1 Å². The Hall–Kier alpha value is -2.65. The number of piperidine rings is 1. The van der Waals surface area contributed by atoms with E-state index in [1.165, 1.54) is 0 Å². The van der Waals surface area contributed by atoms with Gasteiger partial charge < -0.3 is 9.47 Å². The quantitative estimate of drug-likeness (QED) is 0.377. The average molecular weight is 513 g/mol. The van der Waals surface area contributed by atoms with Gasteiger partial charge in [-0.05, 0) is 38.0 Å². The molecule has 182 valence electrons. The Morgan fingerprint density at radius 1 is 1.09 bits per heavy atom. The first-order valence-electron chi connectivity index (χ1n) is 11.9. The number of benzene rings is 1. The molecule has 10 heteroatoms. The number of fused-ring (bicyclic) bond motifs is 1. The molecular formula is C25H26Cl2N6O2. The second-order valence-electron chi connectivity index (χ2n) is 9.22. The third-order valence-electron chi connectivity index (χ3n) is 7.03. The Balaban J connectivity index is 1.20. The van der Waals surface area contributed by atoms with Gasteiger partial charge in [-0.1, -0.05) is 23.2 Å². The molecule has 2 aliphatic rings. The van der Waals surface area contributed by atoms with Crippen molar-refractivity contribution in [1.29, 1.82) is 0 Å². The van der Waals surface area contributed by atoms with Gasteiger partial charge in [-0.25, -0.2) is 0 Å². The first-order chi connectivity index (χ1) is 17.1. The van der Waals surface area contributed by atoms with Gasteiger partial charge in [-0.15, -0.1) is 0 Å². The van der Waals surface area contributed by atoms with Crippen molar-refractivity contribution in [3.8, 4) is 17.0 Å². The summed E-state index contributed by atoms with van der Waals surface area (Å²) in [6.07, 6.45) is 8.99. The average Bonchev–Trinajstić information content (AvgIpc) is 3.45. The molecule has 3 aromatic heterocycles. The van der Waals surface area contributed by atoms with Crippen LogP contribution in [0.5, 0.6) is 5.75 Å². The zero-order chi connectivity index (χ0) is 23.9. The predicted molar refractivity (Wildman–Crippen MR) is 135 cm³/mol. The minimum atomic E-state index is -0.342. The monoisotopic (exact) mass is 512 g/mol. The summed E-state index contributed by atoms with van der Waals surface area (Å²) < 4.78 is 13.6. The molecule has 0 unspecified atom stereocenters. The minimum absolute atomic E-state index is 0.342. The zero-order valence-electron chi connectivity index (χ0n) is 19.3. The third-order valence-corrected chi connectivity index (χ3v) is 7.63. The van der Waals surface area contributed by atoms with Gasteiger partial charge in [0.25, 0.3) is 0 Å². The van der Waals surface area contributed by atoms with Crippen molar-refractivity contribution in [2.75, 3.05) is 26.3 Å². The fourth-order valence-corrected chi connectivity index (χ4v) is 5.64. The molecule has 0 spiro atoms. The SMILES string of the molecule is C[C@@H](Oc1ccc2[nH]nc(-c3cnn(C4CCN(C5COC5)CC4)c3)c2c1)c1c(Cl)cncc1Cl. The van der Waals surface area contributed by atoms with Gasteiger partial charge in [0, 0.05) is 48.2 Å². The molecule has 8 nitrogen and oxygen atoms in total. The molecular weight excluding hydrogens is 487 g/mol. The maximum Gasteiger partial charge on any atom is 0.124 e. The summed E-state index contributed by atoms with van der Waals surface area (Å²) >= 11 is 12.6. The van der Waals surface area contributed by atoms with Gasteiger partial charge in [0.1, 0.15) is 17.5 Å². The number of H-pyrrole nitrogens is 1. The highest BCUT2D eigenvalue weighted by Crippen LogP contribution is 2.35. The van der Waals surface area contributed by atoms with E-state index in [4.69, 9.17) is 32.7 Å². The van der Waals surface area contributed by atoms with E-state index in [0.717, 1.165) is 61.3 Å². The van der Waals surface area contributed by atoms with Crippen LogP contribution in [0.15, 0.2) is 43.0 Å². The topological polar surface area (TPSA) is 81.1 Å². The summed E-state index contributed by atoms with van der Waals surface area (Å²) in [6, 6.07) is 6.87. The summed E-state index contributed by atoms with van der Waals surface area (Å²) in [5, 5.41) is 14.3. The molecule has 2 fully saturated rings. The minimum Gasteiger partial charge on any atom is -0.486 e. The molecule has 5 heterocycles.